The molecule has 0 aromatic heterocycles. The molecule has 7 N–H and O–H groups in total. The first kappa shape index (κ1) is 47.1. The number of unbranched alkanes of at least 4 members (excludes halogenated alkanes) is 19. The Kier molecular flexibility index (Phi) is 26.9. The summed E-state index contributed by atoms with van der Waals surface area (Å²) in [6.45, 7) is 3.20. The second-order valence-corrected chi connectivity index (χ2v) is 15.1. The van der Waals surface area contributed by atoms with Crippen molar-refractivity contribution in [3.05, 3.63) is 0 Å². The number of carbonyl (C=O) groups is 1. The number of nitrogens with one attached hydrogen (secondary N) is 1. The Labute approximate surface area is 301 Å². The van der Waals surface area contributed by atoms with Gasteiger partial charge in [-0.15, -0.1) is 0 Å². The number of hydrogen-bond donors (Lipinski definition) is 7. The van der Waals surface area contributed by atoms with Gasteiger partial charge in [-0.2, -0.15) is 8.42 Å². The van der Waals surface area contributed by atoms with Crippen LogP contribution in [0.5, 0.6) is 0 Å². The molecule has 50 heavy (non-hydrogen) atoms. The molecule has 0 radical (unpaired) electrons. The van der Waals surface area contributed by atoms with Crippen LogP contribution in [0.1, 0.15) is 162 Å². The monoisotopic (exact) mass is 741 g/mol. The van der Waals surface area contributed by atoms with E-state index in [1.54, 1.807) is 0 Å². The third kappa shape index (κ3) is 21.6. The SMILES string of the molecule is CCCCCCCCCCCCCCC(O)C(=O)NC(COC1OC(CO)C(O)C(OS(=O)(=O)O)C1O)C(O)CCCCCCCCCCC. The van der Waals surface area contributed by atoms with Crippen LogP contribution >= 0.6 is 0 Å². The lowest BCUT2D eigenvalue weighted by molar-refractivity contribution is -0.298. The molecule has 1 aliphatic heterocycles. The van der Waals surface area contributed by atoms with E-state index in [4.69, 9.17) is 14.0 Å². The summed E-state index contributed by atoms with van der Waals surface area (Å²) < 4.78 is 47.2. The van der Waals surface area contributed by atoms with Gasteiger partial charge in [-0.05, 0) is 12.8 Å². The highest BCUT2D eigenvalue weighted by Crippen LogP contribution is 2.26. The number of aliphatic hydroxyl groups excluding tert-OH is 5. The van der Waals surface area contributed by atoms with Crippen molar-refractivity contribution in [2.45, 2.75) is 210 Å². The second-order valence-electron chi connectivity index (χ2n) is 14.0. The van der Waals surface area contributed by atoms with Gasteiger partial charge in [-0.3, -0.25) is 9.35 Å². The van der Waals surface area contributed by atoms with Gasteiger partial charge in [0.2, 0.25) is 5.91 Å². The Morgan fingerprint density at radius 1 is 0.720 bits per heavy atom. The maximum Gasteiger partial charge on any atom is 0.397 e. The van der Waals surface area contributed by atoms with E-state index < -0.39 is 78.5 Å². The molecule has 0 aliphatic carbocycles. The minimum Gasteiger partial charge on any atom is -0.394 e. The molecule has 1 amide bonds. The Bertz CT molecular complexity index is 942. The molecule has 8 atom stereocenters. The summed E-state index contributed by atoms with van der Waals surface area (Å²) in [6.07, 6.45) is 13.2. The van der Waals surface area contributed by atoms with E-state index in [1.807, 2.05) is 0 Å². The molecule has 1 aliphatic rings. The highest BCUT2D eigenvalue weighted by molar-refractivity contribution is 7.80. The first-order valence-electron chi connectivity index (χ1n) is 19.5. The molecule has 0 aromatic carbocycles. The molecule has 0 spiro atoms. The van der Waals surface area contributed by atoms with Crippen molar-refractivity contribution < 1.29 is 57.0 Å². The topological polar surface area (TPSA) is 212 Å². The number of amides is 1. The Morgan fingerprint density at radius 3 is 1.60 bits per heavy atom. The van der Waals surface area contributed by atoms with E-state index in [1.165, 1.54) is 83.5 Å². The van der Waals surface area contributed by atoms with Crippen molar-refractivity contribution in [1.29, 1.82) is 0 Å². The van der Waals surface area contributed by atoms with Crippen LogP contribution in [-0.4, -0.2) is 107 Å². The van der Waals surface area contributed by atoms with Crippen molar-refractivity contribution >= 4 is 16.3 Å². The molecule has 1 rings (SSSR count). The van der Waals surface area contributed by atoms with Crippen LogP contribution in [0.25, 0.3) is 0 Å². The Hall–Kier alpha value is -0.940. The van der Waals surface area contributed by atoms with E-state index in [0.29, 0.717) is 19.3 Å². The molecule has 1 saturated heterocycles. The second kappa shape index (κ2) is 28.5. The molecule has 13 nitrogen and oxygen atoms in total. The Morgan fingerprint density at radius 2 is 1.16 bits per heavy atom. The van der Waals surface area contributed by atoms with Crippen molar-refractivity contribution in [3.63, 3.8) is 0 Å². The normalized spacial score (nSPS) is 23.1. The minimum atomic E-state index is -5.10. The van der Waals surface area contributed by atoms with Gasteiger partial charge in [0, 0.05) is 0 Å². The van der Waals surface area contributed by atoms with E-state index >= 15 is 0 Å². The van der Waals surface area contributed by atoms with Gasteiger partial charge in [0.1, 0.15) is 30.5 Å². The van der Waals surface area contributed by atoms with Gasteiger partial charge in [-0.25, -0.2) is 4.18 Å². The fraction of sp³-hybridized carbons (Fsp3) is 0.972. The lowest BCUT2D eigenvalue weighted by Crippen LogP contribution is -2.61. The van der Waals surface area contributed by atoms with Crippen LogP contribution in [0.15, 0.2) is 0 Å². The zero-order chi connectivity index (χ0) is 37.2. The van der Waals surface area contributed by atoms with Crippen molar-refractivity contribution in [1.82, 2.24) is 5.32 Å². The van der Waals surface area contributed by atoms with Gasteiger partial charge in [0.05, 0.1) is 25.4 Å². The van der Waals surface area contributed by atoms with Crippen LogP contribution in [-0.2, 0) is 28.9 Å². The maximum atomic E-state index is 13.0. The largest absolute Gasteiger partial charge is 0.397 e. The van der Waals surface area contributed by atoms with Gasteiger partial charge in [0.25, 0.3) is 0 Å². The predicted octanol–water partition coefficient (Wildman–Crippen LogP) is 4.85. The smallest absolute Gasteiger partial charge is 0.394 e. The molecule has 14 heteroatoms. The lowest BCUT2D eigenvalue weighted by atomic mass is 9.99. The first-order chi connectivity index (χ1) is 23.9. The van der Waals surface area contributed by atoms with Crippen LogP contribution < -0.4 is 5.32 Å². The molecule has 0 aromatic rings. The van der Waals surface area contributed by atoms with E-state index in [-0.39, 0.29) is 6.42 Å². The summed E-state index contributed by atoms with van der Waals surface area (Å²) in [5.41, 5.74) is 0. The van der Waals surface area contributed by atoms with Crippen molar-refractivity contribution in [3.8, 4) is 0 Å². The van der Waals surface area contributed by atoms with E-state index in [9.17, 15) is 38.7 Å². The van der Waals surface area contributed by atoms with Crippen molar-refractivity contribution in [2.24, 2.45) is 0 Å². The maximum absolute atomic E-state index is 13.0. The quantitative estimate of drug-likeness (QED) is 0.0364. The van der Waals surface area contributed by atoms with Gasteiger partial charge >= 0.3 is 10.4 Å². The molecule has 0 saturated carbocycles. The molecule has 1 heterocycles. The summed E-state index contributed by atoms with van der Waals surface area (Å²) in [6, 6.07) is -1.02. The number of hydrogen-bond acceptors (Lipinski definition) is 11. The number of aliphatic hydroxyl groups is 5. The third-order valence-electron chi connectivity index (χ3n) is 9.52. The molecule has 0 bridgehead atoms. The molecular formula is C36H71NO12S. The fourth-order valence-electron chi connectivity index (χ4n) is 6.35. The van der Waals surface area contributed by atoms with Crippen LogP contribution in [0, 0.1) is 0 Å². The third-order valence-corrected chi connectivity index (χ3v) is 9.99. The summed E-state index contributed by atoms with van der Waals surface area (Å²) in [5.74, 6) is -0.672. The molecule has 298 valence electrons. The molecule has 1 fully saturated rings. The zero-order valence-electron chi connectivity index (χ0n) is 30.8. The number of carbonyl (C=O) groups excluding carboxylic acids is 1. The summed E-state index contributed by atoms with van der Waals surface area (Å²) in [5, 5.41) is 54.9. The Balaban J connectivity index is 2.66. The summed E-state index contributed by atoms with van der Waals surface area (Å²) in [7, 11) is -5.10. The van der Waals surface area contributed by atoms with Gasteiger partial charge in [-0.1, -0.05) is 149 Å². The molecular weight excluding hydrogens is 670 g/mol. The number of rotatable bonds is 32. The van der Waals surface area contributed by atoms with Crippen LogP contribution in [0.3, 0.4) is 0 Å². The van der Waals surface area contributed by atoms with Gasteiger partial charge in [0.15, 0.2) is 6.29 Å². The van der Waals surface area contributed by atoms with E-state index in [0.717, 1.165) is 38.5 Å². The predicted molar refractivity (Wildman–Crippen MR) is 192 cm³/mol. The molecule has 8 unspecified atom stereocenters. The van der Waals surface area contributed by atoms with Crippen LogP contribution in [0.2, 0.25) is 0 Å². The average molecular weight is 742 g/mol. The highest BCUT2D eigenvalue weighted by Gasteiger charge is 2.48. The lowest BCUT2D eigenvalue weighted by Gasteiger charge is -2.41. The summed E-state index contributed by atoms with van der Waals surface area (Å²) >= 11 is 0. The standard InChI is InChI=1S/C36H71NO12S/c1-3-5-7-9-11-13-14-15-17-19-21-23-25-30(40)35(43)37-28(29(39)24-22-20-18-16-12-10-8-6-4-2)27-47-36-33(42)34(49-50(44,45)46)32(41)31(26-38)48-36/h28-34,36,38-42H,3-27H2,1-2H3,(H,37,43)(H,44,45,46). The number of ether oxygens (including phenoxy) is 2. The average Bonchev–Trinajstić information content (AvgIpc) is 3.08. The van der Waals surface area contributed by atoms with Crippen LogP contribution in [0.4, 0.5) is 0 Å². The summed E-state index contributed by atoms with van der Waals surface area (Å²) in [4.78, 5) is 13.0. The van der Waals surface area contributed by atoms with Crippen molar-refractivity contribution in [2.75, 3.05) is 13.2 Å². The van der Waals surface area contributed by atoms with Gasteiger partial charge < -0.3 is 40.3 Å². The first-order valence-corrected chi connectivity index (χ1v) is 20.9. The fourth-order valence-corrected chi connectivity index (χ4v) is 6.85. The van der Waals surface area contributed by atoms with E-state index in [2.05, 4.69) is 23.3 Å². The zero-order valence-corrected chi connectivity index (χ0v) is 31.7. The highest BCUT2D eigenvalue weighted by atomic mass is 32.3. The minimum absolute atomic E-state index is 0.264.